The molecule has 4 rings (SSSR count). The molecule has 2 aromatic heterocycles. The van der Waals surface area contributed by atoms with Crippen LogP contribution in [0, 0.1) is 11.3 Å². The Kier molecular flexibility index (Phi) is 4.20. The summed E-state index contributed by atoms with van der Waals surface area (Å²) in [4.78, 5) is 11.1. The van der Waals surface area contributed by atoms with Crippen LogP contribution in [0.1, 0.15) is 30.3 Å². The molecule has 7 heteroatoms. The molecule has 124 valence electrons. The molecule has 1 aliphatic rings. The van der Waals surface area contributed by atoms with Crippen molar-refractivity contribution in [1.29, 1.82) is 5.26 Å². The molecular weight excluding hydrogens is 382 g/mol. The third-order valence-electron chi connectivity index (χ3n) is 4.24. The van der Waals surface area contributed by atoms with E-state index in [2.05, 4.69) is 42.0 Å². The number of nitrogens with zero attached hydrogens (tertiary/aromatic N) is 5. The lowest BCUT2D eigenvalue weighted by Crippen LogP contribution is -2.24. The van der Waals surface area contributed by atoms with E-state index in [0.717, 1.165) is 29.4 Å². The third-order valence-corrected chi connectivity index (χ3v) is 4.73. The first-order valence-electron chi connectivity index (χ1n) is 7.97. The molecule has 1 aliphatic heterocycles. The fourth-order valence-corrected chi connectivity index (χ4v) is 3.50. The Hall–Kier alpha value is -2.72. The lowest BCUT2D eigenvalue weighted by molar-refractivity contribution is 0.354. The second-order valence-corrected chi connectivity index (χ2v) is 6.72. The van der Waals surface area contributed by atoms with E-state index < -0.39 is 0 Å². The second-order valence-electron chi connectivity index (χ2n) is 5.80. The number of hydrogen-bond donors (Lipinski definition) is 0. The summed E-state index contributed by atoms with van der Waals surface area (Å²) in [6.07, 6.45) is 3.58. The standard InChI is InChI=1S/C18H14BrN5O/c19-14-6-1-4-12(10-14)16-22-18(25-23-16)15-7-3-9-24(15)17-13(11-20)5-2-8-21-17/h1-2,4-6,8,10,15H,3,7,9H2/t15-/m1/s1. The number of pyridine rings is 1. The van der Waals surface area contributed by atoms with Crippen LogP contribution in [-0.4, -0.2) is 21.7 Å². The van der Waals surface area contributed by atoms with Crippen molar-refractivity contribution in [2.24, 2.45) is 0 Å². The highest BCUT2D eigenvalue weighted by Crippen LogP contribution is 2.36. The SMILES string of the molecule is N#Cc1cccnc1N1CCC[C@@H]1c1nc(-c2cccc(Br)c2)no1. The molecule has 25 heavy (non-hydrogen) atoms. The van der Waals surface area contributed by atoms with Crippen LogP contribution in [0.5, 0.6) is 0 Å². The number of nitriles is 1. The van der Waals surface area contributed by atoms with Crippen LogP contribution in [0.25, 0.3) is 11.4 Å². The number of aromatic nitrogens is 3. The van der Waals surface area contributed by atoms with Crippen molar-refractivity contribution in [2.75, 3.05) is 11.4 Å². The van der Waals surface area contributed by atoms with Gasteiger partial charge in [0.2, 0.25) is 11.7 Å². The quantitative estimate of drug-likeness (QED) is 0.663. The van der Waals surface area contributed by atoms with E-state index in [9.17, 15) is 5.26 Å². The summed E-state index contributed by atoms with van der Waals surface area (Å²) in [5.74, 6) is 1.79. The summed E-state index contributed by atoms with van der Waals surface area (Å²) >= 11 is 3.46. The third kappa shape index (κ3) is 3.01. The maximum atomic E-state index is 9.34. The average Bonchev–Trinajstić information content (AvgIpc) is 3.30. The predicted octanol–water partition coefficient (Wildman–Crippen LogP) is 4.11. The summed E-state index contributed by atoms with van der Waals surface area (Å²) in [7, 11) is 0. The van der Waals surface area contributed by atoms with E-state index in [1.165, 1.54) is 0 Å². The van der Waals surface area contributed by atoms with E-state index in [-0.39, 0.29) is 6.04 Å². The molecule has 1 saturated heterocycles. The molecule has 0 amide bonds. The van der Waals surface area contributed by atoms with Gasteiger partial charge in [-0.2, -0.15) is 10.2 Å². The van der Waals surface area contributed by atoms with Gasteiger partial charge in [0.15, 0.2) is 0 Å². The van der Waals surface area contributed by atoms with Crippen molar-refractivity contribution in [2.45, 2.75) is 18.9 Å². The molecule has 1 atom stereocenters. The molecule has 0 bridgehead atoms. The smallest absolute Gasteiger partial charge is 0.249 e. The first-order valence-corrected chi connectivity index (χ1v) is 8.77. The van der Waals surface area contributed by atoms with E-state index in [1.54, 1.807) is 18.3 Å². The Morgan fingerprint density at radius 2 is 2.20 bits per heavy atom. The number of halogens is 1. The fraction of sp³-hybridized carbons (Fsp3) is 0.222. The highest BCUT2D eigenvalue weighted by atomic mass is 79.9. The number of hydrogen-bond acceptors (Lipinski definition) is 6. The largest absolute Gasteiger partial charge is 0.343 e. The van der Waals surface area contributed by atoms with Gasteiger partial charge in [-0.05, 0) is 37.1 Å². The van der Waals surface area contributed by atoms with Gasteiger partial charge in [0.1, 0.15) is 17.9 Å². The Labute approximate surface area is 153 Å². The Balaban J connectivity index is 1.67. The molecule has 0 saturated carbocycles. The Morgan fingerprint density at radius 1 is 1.28 bits per heavy atom. The summed E-state index contributed by atoms with van der Waals surface area (Å²) in [6.45, 7) is 0.810. The minimum Gasteiger partial charge on any atom is -0.343 e. The molecule has 6 nitrogen and oxygen atoms in total. The molecule has 3 aromatic rings. The van der Waals surface area contributed by atoms with Crippen molar-refractivity contribution >= 4 is 21.7 Å². The Bertz CT molecular complexity index is 948. The lowest BCUT2D eigenvalue weighted by atomic mass is 10.2. The minimum absolute atomic E-state index is 0.0598. The first kappa shape index (κ1) is 15.8. The van der Waals surface area contributed by atoms with Crippen LogP contribution in [0.4, 0.5) is 5.82 Å². The normalized spacial score (nSPS) is 16.8. The summed E-state index contributed by atoms with van der Waals surface area (Å²) in [6, 6.07) is 13.5. The second kappa shape index (κ2) is 6.65. The zero-order valence-electron chi connectivity index (χ0n) is 13.3. The maximum absolute atomic E-state index is 9.34. The fourth-order valence-electron chi connectivity index (χ4n) is 3.11. The Morgan fingerprint density at radius 3 is 3.04 bits per heavy atom. The zero-order valence-corrected chi connectivity index (χ0v) is 14.8. The highest BCUT2D eigenvalue weighted by molar-refractivity contribution is 9.10. The molecule has 1 aromatic carbocycles. The van der Waals surface area contributed by atoms with Crippen molar-refractivity contribution in [1.82, 2.24) is 15.1 Å². The summed E-state index contributed by atoms with van der Waals surface area (Å²) in [5.41, 5.74) is 1.45. The van der Waals surface area contributed by atoms with Crippen LogP contribution in [0.3, 0.4) is 0 Å². The van der Waals surface area contributed by atoms with Gasteiger partial charge in [-0.3, -0.25) is 0 Å². The molecular formula is C18H14BrN5O. The van der Waals surface area contributed by atoms with Gasteiger partial charge in [-0.25, -0.2) is 4.98 Å². The minimum atomic E-state index is -0.0598. The van der Waals surface area contributed by atoms with Crippen LogP contribution in [0.15, 0.2) is 51.6 Å². The van der Waals surface area contributed by atoms with Gasteiger partial charge in [0, 0.05) is 22.8 Å². The monoisotopic (exact) mass is 395 g/mol. The lowest BCUT2D eigenvalue weighted by Gasteiger charge is -2.23. The summed E-state index contributed by atoms with van der Waals surface area (Å²) < 4.78 is 6.50. The first-order chi connectivity index (χ1) is 12.3. The van der Waals surface area contributed by atoms with Gasteiger partial charge in [0.05, 0.1) is 5.56 Å². The number of rotatable bonds is 3. The average molecular weight is 396 g/mol. The van der Waals surface area contributed by atoms with E-state index in [4.69, 9.17) is 4.52 Å². The van der Waals surface area contributed by atoms with Gasteiger partial charge in [0.25, 0.3) is 0 Å². The molecule has 0 N–H and O–H groups in total. The zero-order chi connectivity index (χ0) is 17.2. The van der Waals surface area contributed by atoms with Gasteiger partial charge in [-0.1, -0.05) is 33.2 Å². The van der Waals surface area contributed by atoms with E-state index in [0.29, 0.717) is 23.1 Å². The van der Waals surface area contributed by atoms with Crippen molar-refractivity contribution in [3.63, 3.8) is 0 Å². The van der Waals surface area contributed by atoms with Gasteiger partial charge >= 0.3 is 0 Å². The van der Waals surface area contributed by atoms with Crippen molar-refractivity contribution in [3.05, 3.63) is 58.5 Å². The molecule has 1 fully saturated rings. The highest BCUT2D eigenvalue weighted by Gasteiger charge is 2.33. The van der Waals surface area contributed by atoms with Crippen molar-refractivity contribution in [3.8, 4) is 17.5 Å². The van der Waals surface area contributed by atoms with Crippen LogP contribution >= 0.6 is 15.9 Å². The number of anilines is 1. The van der Waals surface area contributed by atoms with Crippen LogP contribution in [0.2, 0.25) is 0 Å². The molecule has 0 aliphatic carbocycles. The van der Waals surface area contributed by atoms with Crippen LogP contribution < -0.4 is 4.90 Å². The molecule has 0 unspecified atom stereocenters. The molecule has 3 heterocycles. The number of benzene rings is 1. The topological polar surface area (TPSA) is 78.8 Å². The predicted molar refractivity (Wildman–Crippen MR) is 95.7 cm³/mol. The van der Waals surface area contributed by atoms with E-state index in [1.807, 2.05) is 24.3 Å². The van der Waals surface area contributed by atoms with Gasteiger partial charge < -0.3 is 9.42 Å². The molecule has 0 radical (unpaired) electrons. The van der Waals surface area contributed by atoms with Crippen LogP contribution in [-0.2, 0) is 0 Å². The maximum Gasteiger partial charge on any atom is 0.249 e. The van der Waals surface area contributed by atoms with Gasteiger partial charge in [-0.15, -0.1) is 0 Å². The van der Waals surface area contributed by atoms with E-state index >= 15 is 0 Å². The summed E-state index contributed by atoms with van der Waals surface area (Å²) in [5, 5.41) is 13.5. The van der Waals surface area contributed by atoms with Crippen molar-refractivity contribution < 1.29 is 4.52 Å². The molecule has 0 spiro atoms.